The van der Waals surface area contributed by atoms with Crippen LogP contribution < -0.4 is 26.7 Å². The molecule has 1 aliphatic rings. The molecule has 7 heteroatoms. The zero-order chi connectivity index (χ0) is 19.7. The monoisotopic (exact) mass is 379 g/mol. The van der Waals surface area contributed by atoms with E-state index in [0.29, 0.717) is 41.4 Å². The number of piperidine rings is 1. The van der Waals surface area contributed by atoms with Crippen LogP contribution in [0.15, 0.2) is 47.3 Å². The van der Waals surface area contributed by atoms with Gasteiger partial charge in [-0.3, -0.25) is 9.36 Å². The number of nitrogens with two attached hydrogens (primary N) is 2. The van der Waals surface area contributed by atoms with Crippen molar-refractivity contribution in [3.63, 3.8) is 0 Å². The first-order chi connectivity index (χ1) is 13.6. The second kappa shape index (κ2) is 7.52. The molecule has 28 heavy (non-hydrogen) atoms. The molecule has 4 rings (SSSR count). The number of ether oxygens (including phenoxy) is 1. The number of benzene rings is 2. The Kier molecular flexibility index (Phi) is 4.92. The minimum absolute atomic E-state index is 0.0764. The molecule has 0 saturated carbocycles. The predicted octanol–water partition coefficient (Wildman–Crippen LogP) is 1.96. The number of para-hydroxylation sites is 1. The topological polar surface area (TPSA) is 99.4 Å². The van der Waals surface area contributed by atoms with E-state index in [1.807, 2.05) is 36.4 Å². The van der Waals surface area contributed by atoms with E-state index < -0.39 is 0 Å². The molecule has 0 aliphatic carbocycles. The van der Waals surface area contributed by atoms with Gasteiger partial charge in [0.1, 0.15) is 5.75 Å². The summed E-state index contributed by atoms with van der Waals surface area (Å²) in [5, 5.41) is 0.527. The largest absolute Gasteiger partial charge is 0.497 e. The van der Waals surface area contributed by atoms with Crippen molar-refractivity contribution in [2.24, 2.45) is 5.73 Å². The summed E-state index contributed by atoms with van der Waals surface area (Å²) < 4.78 is 6.99. The molecule has 1 atom stereocenters. The lowest BCUT2D eigenvalue weighted by molar-refractivity contribution is 0.415. The van der Waals surface area contributed by atoms with Crippen molar-refractivity contribution in [3.8, 4) is 5.75 Å². The van der Waals surface area contributed by atoms with Gasteiger partial charge in [0.2, 0.25) is 5.95 Å². The highest BCUT2D eigenvalue weighted by molar-refractivity contribution is 5.80. The van der Waals surface area contributed by atoms with Gasteiger partial charge in [0.05, 0.1) is 24.6 Å². The molecule has 0 radical (unpaired) electrons. The Morgan fingerprint density at radius 3 is 2.82 bits per heavy atom. The van der Waals surface area contributed by atoms with E-state index in [2.05, 4.69) is 4.90 Å². The molecule has 1 fully saturated rings. The first-order valence-electron chi connectivity index (χ1n) is 9.49. The Labute approximate surface area is 163 Å². The number of aromatic nitrogens is 2. The molecule has 4 N–H and O–H groups in total. The van der Waals surface area contributed by atoms with Gasteiger partial charge in [-0.1, -0.05) is 18.2 Å². The van der Waals surface area contributed by atoms with Crippen LogP contribution in [0.25, 0.3) is 10.9 Å². The fourth-order valence-corrected chi connectivity index (χ4v) is 3.74. The standard InChI is InChI=1S/C21H25N5O2/c1-28-16-8-9-19-17(11-16)20(27)26(12-14-5-2-3-7-18(14)23)21(24-19)25-10-4-6-15(22)13-25/h2-3,5,7-9,11,15H,4,6,10,12-13,22-23H2,1H3/t15-/m1/s1. The highest BCUT2D eigenvalue weighted by Gasteiger charge is 2.23. The molecule has 1 aromatic heterocycles. The van der Waals surface area contributed by atoms with Crippen LogP contribution in [0.5, 0.6) is 5.75 Å². The van der Waals surface area contributed by atoms with Crippen molar-refractivity contribution >= 4 is 22.5 Å². The molecule has 0 amide bonds. The Balaban J connectivity index is 1.90. The van der Waals surface area contributed by atoms with Gasteiger partial charge in [-0.25, -0.2) is 4.98 Å². The maximum absolute atomic E-state index is 13.4. The van der Waals surface area contributed by atoms with E-state index in [9.17, 15) is 4.79 Å². The number of nitrogen functional groups attached to an aromatic ring is 1. The van der Waals surface area contributed by atoms with Crippen molar-refractivity contribution < 1.29 is 4.74 Å². The summed E-state index contributed by atoms with van der Waals surface area (Å²) in [7, 11) is 1.58. The second-order valence-corrected chi connectivity index (χ2v) is 7.23. The molecule has 3 aromatic rings. The maximum Gasteiger partial charge on any atom is 0.263 e. The normalized spacial score (nSPS) is 17.1. The third kappa shape index (κ3) is 3.41. The minimum Gasteiger partial charge on any atom is -0.497 e. The quantitative estimate of drug-likeness (QED) is 0.673. The summed E-state index contributed by atoms with van der Waals surface area (Å²) in [6.07, 6.45) is 1.96. The fraction of sp³-hybridized carbons (Fsp3) is 0.333. The summed E-state index contributed by atoms with van der Waals surface area (Å²) in [5.74, 6) is 1.27. The van der Waals surface area contributed by atoms with Crippen molar-refractivity contribution in [3.05, 3.63) is 58.4 Å². The maximum atomic E-state index is 13.4. The van der Waals surface area contributed by atoms with Crippen LogP contribution in [0, 0.1) is 0 Å². The number of hydrogen-bond acceptors (Lipinski definition) is 6. The Morgan fingerprint density at radius 1 is 1.25 bits per heavy atom. The van der Waals surface area contributed by atoms with Crippen molar-refractivity contribution in [2.75, 3.05) is 30.8 Å². The molecule has 7 nitrogen and oxygen atoms in total. The lowest BCUT2D eigenvalue weighted by atomic mass is 10.1. The lowest BCUT2D eigenvalue weighted by Gasteiger charge is -2.33. The zero-order valence-corrected chi connectivity index (χ0v) is 16.0. The van der Waals surface area contributed by atoms with Crippen molar-refractivity contribution in [1.82, 2.24) is 9.55 Å². The third-order valence-corrected chi connectivity index (χ3v) is 5.27. The molecular weight excluding hydrogens is 354 g/mol. The number of methoxy groups -OCH3 is 1. The Bertz CT molecular complexity index is 1060. The number of nitrogens with zero attached hydrogens (tertiary/aromatic N) is 3. The summed E-state index contributed by atoms with van der Waals surface area (Å²) in [4.78, 5) is 20.4. The molecule has 146 valence electrons. The minimum atomic E-state index is -0.110. The molecule has 0 bridgehead atoms. The average Bonchev–Trinajstić information content (AvgIpc) is 2.71. The van der Waals surface area contributed by atoms with Crippen LogP contribution in [0.3, 0.4) is 0 Å². The van der Waals surface area contributed by atoms with Crippen LogP contribution >= 0.6 is 0 Å². The van der Waals surface area contributed by atoms with Crippen molar-refractivity contribution in [1.29, 1.82) is 0 Å². The molecular formula is C21H25N5O2. The first-order valence-corrected chi connectivity index (χ1v) is 9.49. The Hall–Kier alpha value is -3.06. The van der Waals surface area contributed by atoms with Crippen LogP contribution in [0.2, 0.25) is 0 Å². The van der Waals surface area contributed by atoms with Gasteiger partial charge >= 0.3 is 0 Å². The molecule has 2 heterocycles. The van der Waals surface area contributed by atoms with Gasteiger partial charge in [-0.15, -0.1) is 0 Å². The summed E-state index contributed by atoms with van der Waals surface area (Å²) >= 11 is 0. The van der Waals surface area contributed by atoms with Gasteiger partial charge in [0.25, 0.3) is 5.56 Å². The van der Waals surface area contributed by atoms with E-state index in [1.165, 1.54) is 0 Å². The van der Waals surface area contributed by atoms with E-state index >= 15 is 0 Å². The van der Waals surface area contributed by atoms with Crippen LogP contribution in [-0.2, 0) is 6.54 Å². The van der Waals surface area contributed by atoms with Gasteiger partial charge < -0.3 is 21.1 Å². The zero-order valence-electron chi connectivity index (χ0n) is 16.0. The van der Waals surface area contributed by atoms with Gasteiger partial charge in [-0.05, 0) is 42.7 Å². The molecule has 0 unspecified atom stereocenters. The van der Waals surface area contributed by atoms with E-state index in [4.69, 9.17) is 21.2 Å². The van der Waals surface area contributed by atoms with Crippen LogP contribution in [0.4, 0.5) is 11.6 Å². The summed E-state index contributed by atoms with van der Waals surface area (Å²) in [6, 6.07) is 13.0. The smallest absolute Gasteiger partial charge is 0.263 e. The molecule has 1 aliphatic heterocycles. The summed E-state index contributed by atoms with van der Waals surface area (Å²) in [5.41, 5.74) is 14.4. The van der Waals surface area contributed by atoms with Gasteiger partial charge in [0, 0.05) is 24.8 Å². The Morgan fingerprint density at radius 2 is 2.07 bits per heavy atom. The third-order valence-electron chi connectivity index (χ3n) is 5.27. The fourth-order valence-electron chi connectivity index (χ4n) is 3.74. The highest BCUT2D eigenvalue weighted by atomic mass is 16.5. The number of hydrogen-bond donors (Lipinski definition) is 2. The molecule has 1 saturated heterocycles. The van der Waals surface area contributed by atoms with E-state index in [0.717, 1.165) is 24.9 Å². The van der Waals surface area contributed by atoms with E-state index in [1.54, 1.807) is 17.7 Å². The molecule has 2 aromatic carbocycles. The SMILES string of the molecule is COc1ccc2nc(N3CCC[C@@H](N)C3)n(Cc3ccccc3N)c(=O)c2c1. The average molecular weight is 379 g/mol. The van der Waals surface area contributed by atoms with E-state index in [-0.39, 0.29) is 11.6 Å². The summed E-state index contributed by atoms with van der Waals surface area (Å²) in [6.45, 7) is 1.86. The predicted molar refractivity (Wildman–Crippen MR) is 112 cm³/mol. The first kappa shape index (κ1) is 18.3. The number of anilines is 2. The van der Waals surface area contributed by atoms with Crippen molar-refractivity contribution in [2.45, 2.75) is 25.4 Å². The van der Waals surface area contributed by atoms with Crippen LogP contribution in [-0.4, -0.2) is 35.8 Å². The van der Waals surface area contributed by atoms with Gasteiger partial charge in [0.15, 0.2) is 0 Å². The number of rotatable bonds is 4. The lowest BCUT2D eigenvalue weighted by Crippen LogP contribution is -2.45. The second-order valence-electron chi connectivity index (χ2n) is 7.23. The highest BCUT2D eigenvalue weighted by Crippen LogP contribution is 2.23. The van der Waals surface area contributed by atoms with Gasteiger partial charge in [-0.2, -0.15) is 0 Å². The van der Waals surface area contributed by atoms with Crippen LogP contribution in [0.1, 0.15) is 18.4 Å². The molecule has 0 spiro atoms. The number of fused-ring (bicyclic) bond motifs is 1.